The van der Waals surface area contributed by atoms with E-state index >= 15 is 0 Å². The Morgan fingerprint density at radius 3 is 1.67 bits per heavy atom. The van der Waals surface area contributed by atoms with Crippen molar-refractivity contribution in [2.45, 2.75) is 58.8 Å². The average molecular weight is 294 g/mol. The SMILES string of the molecule is C[C@H]1CCCN(C(=O)CCCC(=O)N2CCC[C@H](C)C2)C1. The Kier molecular flexibility index (Phi) is 6.07. The smallest absolute Gasteiger partial charge is 0.222 e. The number of likely N-dealkylation sites (tertiary alicyclic amines) is 2. The van der Waals surface area contributed by atoms with Gasteiger partial charge in [0.1, 0.15) is 0 Å². The topological polar surface area (TPSA) is 40.6 Å². The molecular formula is C17H30N2O2. The van der Waals surface area contributed by atoms with Gasteiger partial charge >= 0.3 is 0 Å². The van der Waals surface area contributed by atoms with Crippen LogP contribution in [0.1, 0.15) is 58.8 Å². The van der Waals surface area contributed by atoms with Gasteiger partial charge in [-0.1, -0.05) is 13.8 Å². The van der Waals surface area contributed by atoms with Crippen LogP contribution >= 0.6 is 0 Å². The lowest BCUT2D eigenvalue weighted by molar-refractivity contribution is -0.134. The quantitative estimate of drug-likeness (QED) is 0.800. The van der Waals surface area contributed by atoms with E-state index in [4.69, 9.17) is 0 Å². The number of carbonyl (C=O) groups is 2. The van der Waals surface area contributed by atoms with Crippen LogP contribution in [0.4, 0.5) is 0 Å². The largest absolute Gasteiger partial charge is 0.342 e. The van der Waals surface area contributed by atoms with E-state index in [-0.39, 0.29) is 11.8 Å². The molecule has 2 rings (SSSR count). The fourth-order valence-electron chi connectivity index (χ4n) is 3.54. The lowest BCUT2D eigenvalue weighted by atomic mass is 9.99. The van der Waals surface area contributed by atoms with Crippen LogP contribution < -0.4 is 0 Å². The standard InChI is InChI=1S/C17H30N2O2/c1-14-6-4-10-18(12-14)16(20)8-3-9-17(21)19-11-5-7-15(2)13-19/h14-15H,3-13H2,1-2H3/t14-,15-/m0/s1. The predicted octanol–water partition coefficient (Wildman–Crippen LogP) is 2.67. The van der Waals surface area contributed by atoms with Gasteiger partial charge in [-0.25, -0.2) is 0 Å². The van der Waals surface area contributed by atoms with Crippen LogP contribution in [0.2, 0.25) is 0 Å². The zero-order chi connectivity index (χ0) is 15.2. The molecule has 0 aromatic carbocycles. The van der Waals surface area contributed by atoms with Crippen LogP contribution in [-0.2, 0) is 9.59 Å². The van der Waals surface area contributed by atoms with Crippen molar-refractivity contribution in [2.24, 2.45) is 11.8 Å². The molecule has 4 nitrogen and oxygen atoms in total. The first kappa shape index (κ1) is 16.3. The second-order valence-corrected chi connectivity index (χ2v) is 7.03. The summed E-state index contributed by atoms with van der Waals surface area (Å²) < 4.78 is 0. The van der Waals surface area contributed by atoms with Crippen LogP contribution in [0.5, 0.6) is 0 Å². The maximum Gasteiger partial charge on any atom is 0.222 e. The molecule has 0 spiro atoms. The monoisotopic (exact) mass is 294 g/mol. The highest BCUT2D eigenvalue weighted by Gasteiger charge is 2.23. The molecule has 0 aromatic rings. The van der Waals surface area contributed by atoms with Crippen LogP contribution in [0.25, 0.3) is 0 Å². The summed E-state index contributed by atoms with van der Waals surface area (Å²) in [6.45, 7) is 8.02. The number of amides is 2. The first-order valence-corrected chi connectivity index (χ1v) is 8.62. The minimum atomic E-state index is 0.237. The number of hydrogen-bond acceptors (Lipinski definition) is 2. The minimum Gasteiger partial charge on any atom is -0.342 e. The van der Waals surface area contributed by atoms with Crippen molar-refractivity contribution >= 4 is 11.8 Å². The molecule has 0 bridgehead atoms. The molecule has 0 N–H and O–H groups in total. The zero-order valence-electron chi connectivity index (χ0n) is 13.6. The fourth-order valence-corrected chi connectivity index (χ4v) is 3.54. The molecule has 2 saturated heterocycles. The maximum absolute atomic E-state index is 12.2. The van der Waals surface area contributed by atoms with Crippen LogP contribution in [-0.4, -0.2) is 47.8 Å². The van der Waals surface area contributed by atoms with Crippen LogP contribution in [0.15, 0.2) is 0 Å². The van der Waals surface area contributed by atoms with E-state index < -0.39 is 0 Å². The highest BCUT2D eigenvalue weighted by Crippen LogP contribution is 2.18. The average Bonchev–Trinajstić information content (AvgIpc) is 2.47. The highest BCUT2D eigenvalue weighted by atomic mass is 16.2. The molecular weight excluding hydrogens is 264 g/mol. The first-order valence-electron chi connectivity index (χ1n) is 8.62. The lowest BCUT2D eigenvalue weighted by Crippen LogP contribution is -2.40. The number of hydrogen-bond donors (Lipinski definition) is 0. The first-order chi connectivity index (χ1) is 10.1. The van der Waals surface area contributed by atoms with E-state index in [1.165, 1.54) is 12.8 Å². The van der Waals surface area contributed by atoms with Gasteiger partial charge in [-0.05, 0) is 43.9 Å². The molecule has 0 aromatic heterocycles. The van der Waals surface area contributed by atoms with Crippen molar-refractivity contribution in [3.8, 4) is 0 Å². The summed E-state index contributed by atoms with van der Waals surface area (Å²) >= 11 is 0. The van der Waals surface area contributed by atoms with E-state index in [2.05, 4.69) is 13.8 Å². The van der Waals surface area contributed by atoms with Crippen molar-refractivity contribution in [2.75, 3.05) is 26.2 Å². The molecule has 0 saturated carbocycles. The van der Waals surface area contributed by atoms with Crippen molar-refractivity contribution in [1.29, 1.82) is 0 Å². The molecule has 21 heavy (non-hydrogen) atoms. The Labute approximate surface area is 128 Å². The van der Waals surface area contributed by atoms with Gasteiger partial charge in [0, 0.05) is 39.0 Å². The van der Waals surface area contributed by atoms with E-state index in [0.29, 0.717) is 31.1 Å². The Morgan fingerprint density at radius 2 is 1.29 bits per heavy atom. The zero-order valence-corrected chi connectivity index (χ0v) is 13.6. The molecule has 2 fully saturated rings. The van der Waals surface area contributed by atoms with Gasteiger partial charge in [0.25, 0.3) is 0 Å². The van der Waals surface area contributed by atoms with Crippen LogP contribution in [0.3, 0.4) is 0 Å². The predicted molar refractivity (Wildman–Crippen MR) is 83.8 cm³/mol. The molecule has 120 valence electrons. The molecule has 4 heteroatoms. The van der Waals surface area contributed by atoms with Crippen LogP contribution in [0, 0.1) is 11.8 Å². The summed E-state index contributed by atoms with van der Waals surface area (Å²) in [7, 11) is 0. The fraction of sp³-hybridized carbons (Fsp3) is 0.882. The number of rotatable bonds is 4. The molecule has 2 aliphatic heterocycles. The van der Waals surface area contributed by atoms with Gasteiger partial charge < -0.3 is 9.80 Å². The number of nitrogens with zero attached hydrogens (tertiary/aromatic N) is 2. The number of piperidine rings is 2. The normalized spacial score (nSPS) is 26.8. The minimum absolute atomic E-state index is 0.237. The Balaban J connectivity index is 1.66. The van der Waals surface area contributed by atoms with E-state index in [1.807, 2.05) is 9.80 Å². The highest BCUT2D eigenvalue weighted by molar-refractivity contribution is 5.79. The molecule has 0 aliphatic carbocycles. The molecule has 0 unspecified atom stereocenters. The summed E-state index contributed by atoms with van der Waals surface area (Å²) in [6.07, 6.45) is 6.47. The summed E-state index contributed by atoms with van der Waals surface area (Å²) in [5.74, 6) is 1.72. The Hall–Kier alpha value is -1.06. The maximum atomic E-state index is 12.2. The summed E-state index contributed by atoms with van der Waals surface area (Å²) in [4.78, 5) is 28.3. The lowest BCUT2D eigenvalue weighted by Gasteiger charge is -2.32. The Morgan fingerprint density at radius 1 is 0.857 bits per heavy atom. The van der Waals surface area contributed by atoms with Gasteiger partial charge in [-0.2, -0.15) is 0 Å². The van der Waals surface area contributed by atoms with Crippen molar-refractivity contribution < 1.29 is 9.59 Å². The van der Waals surface area contributed by atoms with Crippen molar-refractivity contribution in [3.63, 3.8) is 0 Å². The van der Waals surface area contributed by atoms with Gasteiger partial charge in [0.05, 0.1) is 0 Å². The summed E-state index contributed by atoms with van der Waals surface area (Å²) in [5, 5.41) is 0. The van der Waals surface area contributed by atoms with E-state index in [1.54, 1.807) is 0 Å². The third-order valence-electron chi connectivity index (χ3n) is 4.80. The molecule has 0 radical (unpaired) electrons. The Bertz CT molecular complexity index is 336. The molecule has 2 atom stereocenters. The summed E-state index contributed by atoms with van der Waals surface area (Å²) in [6, 6.07) is 0. The number of carbonyl (C=O) groups excluding carboxylic acids is 2. The van der Waals surface area contributed by atoms with E-state index in [0.717, 1.165) is 39.0 Å². The van der Waals surface area contributed by atoms with Crippen molar-refractivity contribution in [1.82, 2.24) is 9.80 Å². The van der Waals surface area contributed by atoms with Crippen molar-refractivity contribution in [3.05, 3.63) is 0 Å². The second-order valence-electron chi connectivity index (χ2n) is 7.03. The van der Waals surface area contributed by atoms with Gasteiger partial charge in [-0.3, -0.25) is 9.59 Å². The van der Waals surface area contributed by atoms with Gasteiger partial charge in [0.2, 0.25) is 11.8 Å². The van der Waals surface area contributed by atoms with E-state index in [9.17, 15) is 9.59 Å². The summed E-state index contributed by atoms with van der Waals surface area (Å²) in [5.41, 5.74) is 0. The third kappa shape index (κ3) is 5.01. The van der Waals surface area contributed by atoms with Gasteiger partial charge in [0.15, 0.2) is 0 Å². The third-order valence-corrected chi connectivity index (χ3v) is 4.80. The molecule has 2 aliphatic rings. The second kappa shape index (κ2) is 7.81. The van der Waals surface area contributed by atoms with Gasteiger partial charge in [-0.15, -0.1) is 0 Å². The molecule has 2 heterocycles. The molecule has 2 amide bonds.